The molecular weight excluding hydrogens is 402 g/mol. The number of likely N-dealkylation sites (N-methyl/N-ethyl adjacent to an activating group) is 1. The fraction of sp³-hybridized carbons (Fsp3) is 0.318. The van der Waals surface area contributed by atoms with Crippen molar-refractivity contribution in [1.82, 2.24) is 14.8 Å². The lowest BCUT2D eigenvalue weighted by molar-refractivity contribution is -0.152. The molecule has 30 heavy (non-hydrogen) atoms. The Labute approximate surface area is 179 Å². The summed E-state index contributed by atoms with van der Waals surface area (Å²) in [5.41, 5.74) is 1.05. The molecule has 8 heteroatoms. The maximum Gasteiger partial charge on any atom is 0.308 e. The van der Waals surface area contributed by atoms with E-state index >= 15 is 0 Å². The van der Waals surface area contributed by atoms with Crippen molar-refractivity contribution in [1.29, 1.82) is 0 Å². The lowest BCUT2D eigenvalue weighted by Gasteiger charge is -2.20. The number of para-hydroxylation sites is 1. The monoisotopic (exact) mass is 427 g/mol. The van der Waals surface area contributed by atoms with Crippen LogP contribution in [0.15, 0.2) is 54.0 Å². The van der Waals surface area contributed by atoms with Gasteiger partial charge in [-0.2, -0.15) is 0 Å². The first-order valence-corrected chi connectivity index (χ1v) is 10.7. The van der Waals surface area contributed by atoms with Crippen LogP contribution in [0.3, 0.4) is 0 Å². The van der Waals surface area contributed by atoms with E-state index in [4.69, 9.17) is 4.74 Å². The molecule has 0 atom stereocenters. The van der Waals surface area contributed by atoms with Gasteiger partial charge >= 0.3 is 5.97 Å². The minimum Gasteiger partial charge on any atom is -0.456 e. The summed E-state index contributed by atoms with van der Waals surface area (Å²) in [6.45, 7) is 2.63. The molecule has 158 valence electrons. The average Bonchev–Trinajstić information content (AvgIpc) is 3.42. The van der Waals surface area contributed by atoms with Crippen molar-refractivity contribution in [3.8, 4) is 0 Å². The van der Waals surface area contributed by atoms with E-state index in [1.54, 1.807) is 18.3 Å². The number of esters is 1. The van der Waals surface area contributed by atoms with Gasteiger partial charge in [0.15, 0.2) is 6.61 Å². The number of hydrogen-bond donors (Lipinski definition) is 1. The van der Waals surface area contributed by atoms with Gasteiger partial charge in [0.05, 0.1) is 19.5 Å². The van der Waals surface area contributed by atoms with E-state index in [0.29, 0.717) is 19.6 Å². The SMILES string of the molecule is CCN(CC(=O)NCc1cccs1)C(=O)COC(=O)CCn1ccc2ccccc21. The smallest absolute Gasteiger partial charge is 0.308 e. The summed E-state index contributed by atoms with van der Waals surface area (Å²) in [6, 6.07) is 13.8. The molecule has 0 radical (unpaired) electrons. The molecule has 0 fully saturated rings. The number of aromatic nitrogens is 1. The molecule has 1 N–H and O–H groups in total. The van der Waals surface area contributed by atoms with E-state index in [0.717, 1.165) is 15.8 Å². The van der Waals surface area contributed by atoms with Gasteiger partial charge in [0.25, 0.3) is 5.91 Å². The third-order valence-electron chi connectivity index (χ3n) is 4.70. The van der Waals surface area contributed by atoms with Gasteiger partial charge in [0.1, 0.15) is 0 Å². The highest BCUT2D eigenvalue weighted by Gasteiger charge is 2.17. The highest BCUT2D eigenvalue weighted by Crippen LogP contribution is 2.15. The largest absolute Gasteiger partial charge is 0.456 e. The zero-order valence-electron chi connectivity index (χ0n) is 16.9. The molecular formula is C22H25N3O4S. The Balaban J connectivity index is 1.40. The first kappa shape index (κ1) is 21.6. The van der Waals surface area contributed by atoms with Gasteiger partial charge in [0, 0.05) is 29.7 Å². The minimum atomic E-state index is -0.445. The lowest BCUT2D eigenvalue weighted by atomic mass is 10.2. The van der Waals surface area contributed by atoms with Crippen molar-refractivity contribution < 1.29 is 19.1 Å². The molecule has 0 aliphatic heterocycles. The van der Waals surface area contributed by atoms with Gasteiger partial charge < -0.3 is 19.5 Å². The summed E-state index contributed by atoms with van der Waals surface area (Å²) in [6.07, 6.45) is 2.09. The Bertz CT molecular complexity index is 997. The predicted molar refractivity (Wildman–Crippen MR) is 116 cm³/mol. The second-order valence-corrected chi connectivity index (χ2v) is 7.77. The quantitative estimate of drug-likeness (QED) is 0.505. The average molecular weight is 428 g/mol. The van der Waals surface area contributed by atoms with Crippen LogP contribution in [0.2, 0.25) is 0 Å². The van der Waals surface area contributed by atoms with E-state index in [1.165, 1.54) is 4.90 Å². The van der Waals surface area contributed by atoms with Gasteiger partial charge in [-0.15, -0.1) is 11.3 Å². The van der Waals surface area contributed by atoms with E-state index < -0.39 is 5.97 Å². The van der Waals surface area contributed by atoms with Crippen LogP contribution in [0.5, 0.6) is 0 Å². The second kappa shape index (κ2) is 10.6. The molecule has 0 saturated heterocycles. The molecule has 0 spiro atoms. The summed E-state index contributed by atoms with van der Waals surface area (Å²) in [5.74, 6) is -1.08. The highest BCUT2D eigenvalue weighted by molar-refractivity contribution is 7.09. The molecule has 7 nitrogen and oxygen atoms in total. The van der Waals surface area contributed by atoms with Crippen LogP contribution in [0.25, 0.3) is 10.9 Å². The second-order valence-electron chi connectivity index (χ2n) is 6.74. The minimum absolute atomic E-state index is 0.0619. The van der Waals surface area contributed by atoms with Crippen molar-refractivity contribution in [2.75, 3.05) is 19.7 Å². The number of amides is 2. The molecule has 2 aromatic heterocycles. The summed E-state index contributed by atoms with van der Waals surface area (Å²) < 4.78 is 7.10. The Hall–Kier alpha value is -3.13. The number of nitrogens with zero attached hydrogens (tertiary/aromatic N) is 2. The van der Waals surface area contributed by atoms with Crippen molar-refractivity contribution in [2.24, 2.45) is 0 Å². The van der Waals surface area contributed by atoms with Crippen molar-refractivity contribution in [3.05, 3.63) is 58.9 Å². The standard InChI is InChI=1S/C22H25N3O4S/c1-2-24(15-20(26)23-14-18-7-5-13-30-18)21(27)16-29-22(28)10-12-25-11-9-17-6-3-4-8-19(17)25/h3-9,11,13H,2,10,12,14-16H2,1H3,(H,23,26). The molecule has 3 aromatic rings. The number of thiophene rings is 1. The number of benzene rings is 1. The van der Waals surface area contributed by atoms with Crippen LogP contribution < -0.4 is 5.32 Å². The molecule has 0 aliphatic rings. The highest BCUT2D eigenvalue weighted by atomic mass is 32.1. The number of fused-ring (bicyclic) bond motifs is 1. The maximum atomic E-state index is 12.3. The Kier molecular flexibility index (Phi) is 7.62. The number of carbonyl (C=O) groups excluding carboxylic acids is 3. The topological polar surface area (TPSA) is 80.6 Å². The number of ether oxygens (including phenoxy) is 1. The number of aryl methyl sites for hydroxylation is 1. The first-order valence-electron chi connectivity index (χ1n) is 9.83. The van der Waals surface area contributed by atoms with E-state index in [1.807, 2.05) is 58.6 Å². The number of hydrogen-bond acceptors (Lipinski definition) is 5. The van der Waals surface area contributed by atoms with E-state index in [-0.39, 0.29) is 31.4 Å². The van der Waals surface area contributed by atoms with Gasteiger partial charge in [-0.3, -0.25) is 14.4 Å². The van der Waals surface area contributed by atoms with Gasteiger partial charge in [-0.1, -0.05) is 24.3 Å². The zero-order valence-corrected chi connectivity index (χ0v) is 17.7. The normalized spacial score (nSPS) is 10.7. The third kappa shape index (κ3) is 5.93. The van der Waals surface area contributed by atoms with Gasteiger partial charge in [0.2, 0.25) is 5.91 Å². The maximum absolute atomic E-state index is 12.3. The van der Waals surface area contributed by atoms with Crippen molar-refractivity contribution >= 4 is 40.0 Å². The van der Waals surface area contributed by atoms with Gasteiger partial charge in [-0.25, -0.2) is 0 Å². The Morgan fingerprint density at radius 1 is 1.13 bits per heavy atom. The van der Waals surface area contributed by atoms with Crippen molar-refractivity contribution in [2.45, 2.75) is 26.4 Å². The molecule has 0 unspecified atom stereocenters. The van der Waals surface area contributed by atoms with Crippen LogP contribution in [0, 0.1) is 0 Å². The molecule has 0 aliphatic carbocycles. The third-order valence-corrected chi connectivity index (χ3v) is 5.58. The van der Waals surface area contributed by atoms with Crippen molar-refractivity contribution in [3.63, 3.8) is 0 Å². The first-order chi connectivity index (χ1) is 14.6. The number of rotatable bonds is 10. The predicted octanol–water partition coefficient (Wildman–Crippen LogP) is 2.80. The van der Waals surface area contributed by atoms with E-state index in [9.17, 15) is 14.4 Å². The summed E-state index contributed by atoms with van der Waals surface area (Å²) in [4.78, 5) is 38.9. The molecule has 2 heterocycles. The number of carbonyl (C=O) groups is 3. The van der Waals surface area contributed by atoms with Crippen LogP contribution in [-0.4, -0.2) is 46.9 Å². The van der Waals surface area contributed by atoms with Gasteiger partial charge in [-0.05, 0) is 35.9 Å². The van der Waals surface area contributed by atoms with Crippen LogP contribution in [0.4, 0.5) is 0 Å². The lowest BCUT2D eigenvalue weighted by Crippen LogP contribution is -2.42. The summed E-state index contributed by atoms with van der Waals surface area (Å²) >= 11 is 1.56. The summed E-state index contributed by atoms with van der Waals surface area (Å²) in [5, 5.41) is 5.84. The van der Waals surface area contributed by atoms with Crippen LogP contribution >= 0.6 is 11.3 Å². The van der Waals surface area contributed by atoms with E-state index in [2.05, 4.69) is 5.32 Å². The Morgan fingerprint density at radius 2 is 1.97 bits per heavy atom. The molecule has 0 bridgehead atoms. The molecule has 0 saturated carbocycles. The summed E-state index contributed by atoms with van der Waals surface area (Å²) in [7, 11) is 0. The molecule has 3 rings (SSSR count). The number of nitrogens with one attached hydrogen (secondary N) is 1. The molecule has 2 amide bonds. The fourth-order valence-electron chi connectivity index (χ4n) is 3.06. The van der Waals surface area contributed by atoms with Crippen LogP contribution in [0.1, 0.15) is 18.2 Å². The Morgan fingerprint density at radius 3 is 2.73 bits per heavy atom. The molecule has 1 aromatic carbocycles. The zero-order chi connectivity index (χ0) is 21.3. The fourth-order valence-corrected chi connectivity index (χ4v) is 3.70. The van der Waals surface area contributed by atoms with Crippen LogP contribution in [-0.2, 0) is 32.2 Å².